The molecule has 25 heavy (non-hydrogen) atoms. The van der Waals surface area contributed by atoms with Crippen LogP contribution in [0.2, 0.25) is 0 Å². The fourth-order valence-corrected chi connectivity index (χ4v) is 7.30. The van der Waals surface area contributed by atoms with E-state index in [0.717, 1.165) is 12.0 Å². The number of anilines is 2. The number of hydrogen-bond donors (Lipinski definition) is 0. The maximum atomic E-state index is 2.80. The molecule has 2 aromatic rings. The van der Waals surface area contributed by atoms with Crippen molar-refractivity contribution in [3.63, 3.8) is 0 Å². The van der Waals surface area contributed by atoms with Crippen molar-refractivity contribution in [2.24, 2.45) is 5.92 Å². The van der Waals surface area contributed by atoms with Crippen molar-refractivity contribution < 1.29 is 0 Å². The zero-order chi connectivity index (χ0) is 16.6. The van der Waals surface area contributed by atoms with Crippen molar-refractivity contribution in [1.82, 2.24) is 4.90 Å². The Morgan fingerprint density at radius 2 is 1.48 bits per heavy atom. The molecule has 0 spiro atoms. The van der Waals surface area contributed by atoms with Gasteiger partial charge < -0.3 is 0 Å². The summed E-state index contributed by atoms with van der Waals surface area (Å²) in [6.07, 6.45) is 7.01. The zero-order valence-electron chi connectivity index (χ0n) is 14.7. The summed E-state index contributed by atoms with van der Waals surface area (Å²) < 4.78 is 3.09. The summed E-state index contributed by atoms with van der Waals surface area (Å²) in [5, 5.41) is 0. The van der Waals surface area contributed by atoms with Crippen LogP contribution in [-0.2, 0) is 0 Å². The average molecular weight is 397 g/mol. The van der Waals surface area contributed by atoms with Gasteiger partial charge in [0.2, 0.25) is 0 Å². The van der Waals surface area contributed by atoms with E-state index in [1.54, 1.807) is 8.92 Å². The van der Waals surface area contributed by atoms with Crippen molar-refractivity contribution >= 4 is 35.3 Å². The Kier molecular flexibility index (Phi) is 4.33. The van der Waals surface area contributed by atoms with Gasteiger partial charge >= 0.3 is 157 Å². The van der Waals surface area contributed by atoms with E-state index in [9.17, 15) is 0 Å². The van der Waals surface area contributed by atoms with Crippen molar-refractivity contribution in [3.05, 3.63) is 48.5 Å². The van der Waals surface area contributed by atoms with Gasteiger partial charge in [-0.15, -0.1) is 0 Å². The predicted octanol–water partition coefficient (Wildman–Crippen LogP) is 3.06. The van der Waals surface area contributed by atoms with Gasteiger partial charge in [0.05, 0.1) is 0 Å². The molecule has 2 fully saturated rings. The third kappa shape index (κ3) is 2.93. The van der Waals surface area contributed by atoms with Gasteiger partial charge in [0, 0.05) is 0 Å². The minimum atomic E-state index is 0.438. The van der Waals surface area contributed by atoms with Crippen molar-refractivity contribution in [3.8, 4) is 0 Å². The van der Waals surface area contributed by atoms with E-state index in [1.165, 1.54) is 63.1 Å². The summed E-state index contributed by atoms with van der Waals surface area (Å²) in [5.74, 6) is 0.806. The molecule has 2 saturated heterocycles. The molecule has 0 saturated carbocycles. The first-order chi connectivity index (χ1) is 12.4. The number of benzene rings is 2. The second-order valence-corrected chi connectivity index (χ2v) is 9.92. The number of nitrogens with zero attached hydrogens (tertiary/aromatic N) is 2. The summed E-state index contributed by atoms with van der Waals surface area (Å²) in [7, 11) is 0. The van der Waals surface area contributed by atoms with Gasteiger partial charge in [0.25, 0.3) is 0 Å². The summed E-state index contributed by atoms with van der Waals surface area (Å²) in [5.41, 5.74) is 2.93. The Labute approximate surface area is 157 Å². The molecule has 0 unspecified atom stereocenters. The standard InChI is InChI=1S/C22H26N2Se/c1-3-12-21-19(10-1)24(20-11-2-4-13-22(20)25-21)16-17-8-7-15-23-14-6-5-9-18(17)23/h1-4,10-13,17-18H,5-9,14-16H2/t17-,18+/m0/s1. The van der Waals surface area contributed by atoms with Crippen molar-refractivity contribution in [1.29, 1.82) is 0 Å². The second kappa shape index (κ2) is 6.79. The molecule has 3 aliphatic rings. The van der Waals surface area contributed by atoms with E-state index in [0.29, 0.717) is 15.0 Å². The number of piperidine rings is 2. The molecule has 130 valence electrons. The summed E-state index contributed by atoms with van der Waals surface area (Å²) in [6, 6.07) is 19.0. The van der Waals surface area contributed by atoms with E-state index in [2.05, 4.69) is 58.3 Å². The molecular weight excluding hydrogens is 371 g/mol. The van der Waals surface area contributed by atoms with Crippen LogP contribution in [0.15, 0.2) is 48.5 Å². The van der Waals surface area contributed by atoms with Gasteiger partial charge in [-0.05, 0) is 0 Å². The fourth-order valence-electron chi connectivity index (χ4n) is 5.00. The monoisotopic (exact) mass is 398 g/mol. The van der Waals surface area contributed by atoms with Crippen LogP contribution < -0.4 is 13.8 Å². The molecule has 3 aliphatic heterocycles. The molecule has 0 radical (unpaired) electrons. The van der Waals surface area contributed by atoms with Crippen LogP contribution in [0.3, 0.4) is 0 Å². The van der Waals surface area contributed by atoms with Crippen LogP contribution in [0.25, 0.3) is 0 Å². The van der Waals surface area contributed by atoms with E-state index in [4.69, 9.17) is 0 Å². The van der Waals surface area contributed by atoms with Crippen molar-refractivity contribution in [2.45, 2.75) is 38.1 Å². The van der Waals surface area contributed by atoms with E-state index < -0.39 is 0 Å². The summed E-state index contributed by atoms with van der Waals surface area (Å²) >= 11 is 0.438. The van der Waals surface area contributed by atoms with Crippen LogP contribution in [0.1, 0.15) is 32.1 Å². The molecule has 0 aromatic heterocycles. The maximum absolute atomic E-state index is 2.80. The molecule has 0 aliphatic carbocycles. The first-order valence-electron chi connectivity index (χ1n) is 9.78. The molecule has 0 N–H and O–H groups in total. The van der Waals surface area contributed by atoms with Gasteiger partial charge in [-0.1, -0.05) is 0 Å². The SMILES string of the molecule is c1ccc2c(c1)[Se]c1ccccc1N2C[C@@H]1CCCN2CCCC[C@H]12. The molecule has 2 nitrogen and oxygen atoms in total. The molecule has 0 bridgehead atoms. The molecule has 3 heteroatoms. The molecule has 5 rings (SSSR count). The average Bonchev–Trinajstić information content (AvgIpc) is 2.68. The first kappa shape index (κ1) is 15.9. The Hall–Kier alpha value is -1.28. The Bertz CT molecular complexity index is 712. The first-order valence-corrected chi connectivity index (χ1v) is 11.5. The second-order valence-electron chi connectivity index (χ2n) is 7.65. The van der Waals surface area contributed by atoms with Crippen LogP contribution in [-0.4, -0.2) is 45.5 Å². The molecular formula is C22H26N2Se. The van der Waals surface area contributed by atoms with Gasteiger partial charge in [-0.2, -0.15) is 0 Å². The number of para-hydroxylation sites is 2. The summed E-state index contributed by atoms with van der Waals surface area (Å²) in [4.78, 5) is 5.45. The van der Waals surface area contributed by atoms with Gasteiger partial charge in [0.1, 0.15) is 0 Å². The normalized spacial score (nSPS) is 25.8. The number of fused-ring (bicyclic) bond motifs is 3. The molecule has 2 atom stereocenters. The fraction of sp³-hybridized carbons (Fsp3) is 0.455. The third-order valence-electron chi connectivity index (χ3n) is 6.18. The minimum absolute atomic E-state index is 0.438. The van der Waals surface area contributed by atoms with Crippen molar-refractivity contribution in [2.75, 3.05) is 24.5 Å². The van der Waals surface area contributed by atoms with E-state index >= 15 is 0 Å². The Morgan fingerprint density at radius 1 is 0.800 bits per heavy atom. The number of hydrogen-bond acceptors (Lipinski definition) is 2. The van der Waals surface area contributed by atoms with E-state index in [1.807, 2.05) is 0 Å². The van der Waals surface area contributed by atoms with Gasteiger partial charge in [-0.3, -0.25) is 0 Å². The molecule has 2 aromatic carbocycles. The van der Waals surface area contributed by atoms with Crippen LogP contribution in [0.4, 0.5) is 11.4 Å². The quantitative estimate of drug-likeness (QED) is 0.719. The topological polar surface area (TPSA) is 6.48 Å². The number of rotatable bonds is 2. The van der Waals surface area contributed by atoms with Crippen LogP contribution >= 0.6 is 0 Å². The molecule has 3 heterocycles. The van der Waals surface area contributed by atoms with Gasteiger partial charge in [0.15, 0.2) is 0 Å². The van der Waals surface area contributed by atoms with Gasteiger partial charge in [-0.25, -0.2) is 0 Å². The molecule has 0 amide bonds. The van der Waals surface area contributed by atoms with Crippen LogP contribution in [0.5, 0.6) is 0 Å². The summed E-state index contributed by atoms with van der Waals surface area (Å²) in [6.45, 7) is 3.85. The van der Waals surface area contributed by atoms with Crippen LogP contribution in [0, 0.1) is 5.92 Å². The predicted molar refractivity (Wildman–Crippen MR) is 107 cm³/mol. The van der Waals surface area contributed by atoms with E-state index in [-0.39, 0.29) is 0 Å². The Morgan fingerprint density at radius 3 is 2.24 bits per heavy atom. The third-order valence-corrected chi connectivity index (χ3v) is 8.55. The zero-order valence-corrected chi connectivity index (χ0v) is 16.4. The Balaban J connectivity index is 1.49.